The maximum Gasteiger partial charge on any atom is 0.159 e. The van der Waals surface area contributed by atoms with Gasteiger partial charge in [-0.15, -0.1) is 0 Å². The van der Waals surface area contributed by atoms with E-state index < -0.39 is 6.23 Å². The van der Waals surface area contributed by atoms with Crippen molar-refractivity contribution in [3.8, 4) is 22.6 Å². The topological polar surface area (TPSA) is 115 Å². The number of aliphatic hydroxyl groups excluding tert-OH is 1. The van der Waals surface area contributed by atoms with Crippen molar-refractivity contribution in [2.75, 3.05) is 5.32 Å². The van der Waals surface area contributed by atoms with E-state index in [1.54, 1.807) is 18.6 Å². The van der Waals surface area contributed by atoms with E-state index in [2.05, 4.69) is 62.3 Å². The van der Waals surface area contributed by atoms with Gasteiger partial charge >= 0.3 is 0 Å². The Morgan fingerprint density at radius 2 is 1.88 bits per heavy atom. The molecular formula is C24H25N7O. The maximum absolute atomic E-state index is 10.4. The number of hydrogen-bond donors (Lipinski definition) is 4. The van der Waals surface area contributed by atoms with Crippen LogP contribution in [0.2, 0.25) is 0 Å². The highest BCUT2D eigenvalue weighted by atomic mass is 16.3. The van der Waals surface area contributed by atoms with Gasteiger partial charge in [0.25, 0.3) is 0 Å². The SMILES string of the molecule is CC(C)(C)CC(O)Nc1cncc(-c2ccc3[nH]nc(-c4nc5ccncc5[nH]4)c3c2)c1. The summed E-state index contributed by atoms with van der Waals surface area (Å²) >= 11 is 0. The van der Waals surface area contributed by atoms with Crippen molar-refractivity contribution < 1.29 is 5.11 Å². The van der Waals surface area contributed by atoms with Gasteiger partial charge in [-0.2, -0.15) is 5.10 Å². The monoisotopic (exact) mass is 427 g/mol. The lowest BCUT2D eigenvalue weighted by Gasteiger charge is -2.23. The molecule has 1 aromatic carbocycles. The molecule has 1 atom stereocenters. The second-order valence-electron chi connectivity index (χ2n) is 9.20. The first kappa shape index (κ1) is 20.1. The van der Waals surface area contributed by atoms with Crippen molar-refractivity contribution in [1.82, 2.24) is 30.1 Å². The Bertz CT molecular complexity index is 1360. The smallest absolute Gasteiger partial charge is 0.159 e. The molecule has 0 aliphatic heterocycles. The molecule has 4 N–H and O–H groups in total. The zero-order valence-corrected chi connectivity index (χ0v) is 18.2. The van der Waals surface area contributed by atoms with Crippen LogP contribution in [0.4, 0.5) is 5.69 Å². The molecule has 0 fully saturated rings. The van der Waals surface area contributed by atoms with Crippen molar-refractivity contribution in [3.63, 3.8) is 0 Å². The Balaban J connectivity index is 1.48. The first-order chi connectivity index (χ1) is 15.4. The van der Waals surface area contributed by atoms with Crippen LogP contribution in [0.15, 0.2) is 55.1 Å². The Kier molecular flexibility index (Phi) is 4.86. The average Bonchev–Trinajstić information content (AvgIpc) is 3.35. The number of aromatic amines is 2. The number of benzene rings is 1. The Labute approximate surface area is 185 Å². The molecule has 0 aliphatic carbocycles. The fourth-order valence-electron chi connectivity index (χ4n) is 3.84. The molecule has 5 aromatic rings. The van der Waals surface area contributed by atoms with E-state index in [1.165, 1.54) is 0 Å². The Morgan fingerprint density at radius 1 is 1.00 bits per heavy atom. The van der Waals surface area contributed by atoms with Gasteiger partial charge in [0.15, 0.2) is 5.82 Å². The number of imidazole rings is 1. The van der Waals surface area contributed by atoms with Gasteiger partial charge in [-0.25, -0.2) is 4.98 Å². The largest absolute Gasteiger partial charge is 0.374 e. The molecule has 0 spiro atoms. The number of pyridine rings is 2. The lowest BCUT2D eigenvalue weighted by Crippen LogP contribution is -2.25. The van der Waals surface area contributed by atoms with Gasteiger partial charge in [0.1, 0.15) is 11.9 Å². The minimum Gasteiger partial charge on any atom is -0.374 e. The lowest BCUT2D eigenvalue weighted by molar-refractivity contribution is 0.145. The second-order valence-corrected chi connectivity index (χ2v) is 9.20. The Hall–Kier alpha value is -3.78. The molecule has 0 amide bonds. The minimum atomic E-state index is -0.641. The number of rotatable bonds is 5. The van der Waals surface area contributed by atoms with E-state index in [9.17, 15) is 5.11 Å². The van der Waals surface area contributed by atoms with Gasteiger partial charge in [0.2, 0.25) is 0 Å². The van der Waals surface area contributed by atoms with Crippen LogP contribution in [0.1, 0.15) is 27.2 Å². The molecule has 8 nitrogen and oxygen atoms in total. The molecule has 4 aromatic heterocycles. The number of anilines is 1. The highest BCUT2D eigenvalue weighted by Crippen LogP contribution is 2.31. The summed E-state index contributed by atoms with van der Waals surface area (Å²) in [7, 11) is 0. The third-order valence-electron chi connectivity index (χ3n) is 5.28. The predicted octanol–water partition coefficient (Wildman–Crippen LogP) is 4.73. The normalized spacial score (nSPS) is 13.0. The molecule has 0 bridgehead atoms. The van der Waals surface area contributed by atoms with E-state index in [1.807, 2.05) is 30.5 Å². The van der Waals surface area contributed by atoms with Crippen molar-refractivity contribution >= 4 is 27.6 Å². The van der Waals surface area contributed by atoms with Gasteiger partial charge in [0, 0.05) is 23.3 Å². The second kappa shape index (κ2) is 7.72. The van der Waals surface area contributed by atoms with Crippen molar-refractivity contribution in [1.29, 1.82) is 0 Å². The molecule has 162 valence electrons. The van der Waals surface area contributed by atoms with Crippen LogP contribution in [0.5, 0.6) is 0 Å². The third kappa shape index (κ3) is 4.04. The van der Waals surface area contributed by atoms with Crippen LogP contribution in [0.3, 0.4) is 0 Å². The van der Waals surface area contributed by atoms with Gasteiger partial charge in [-0.05, 0) is 41.7 Å². The summed E-state index contributed by atoms with van der Waals surface area (Å²) < 4.78 is 0. The first-order valence-electron chi connectivity index (χ1n) is 10.5. The summed E-state index contributed by atoms with van der Waals surface area (Å²) in [5.74, 6) is 0.690. The maximum atomic E-state index is 10.4. The van der Waals surface area contributed by atoms with Crippen LogP contribution < -0.4 is 5.32 Å². The zero-order valence-electron chi connectivity index (χ0n) is 18.2. The number of aromatic nitrogens is 6. The molecule has 32 heavy (non-hydrogen) atoms. The van der Waals surface area contributed by atoms with Crippen molar-refractivity contribution in [2.24, 2.45) is 5.41 Å². The van der Waals surface area contributed by atoms with Gasteiger partial charge in [-0.1, -0.05) is 26.8 Å². The lowest BCUT2D eigenvalue weighted by atomic mass is 9.91. The van der Waals surface area contributed by atoms with Crippen LogP contribution >= 0.6 is 0 Å². The predicted molar refractivity (Wildman–Crippen MR) is 126 cm³/mol. The number of H-pyrrole nitrogens is 2. The van der Waals surface area contributed by atoms with Gasteiger partial charge < -0.3 is 15.4 Å². The number of fused-ring (bicyclic) bond motifs is 2. The van der Waals surface area contributed by atoms with Crippen LogP contribution in [-0.4, -0.2) is 41.5 Å². The van der Waals surface area contributed by atoms with Crippen molar-refractivity contribution in [2.45, 2.75) is 33.4 Å². The number of nitrogens with zero attached hydrogens (tertiary/aromatic N) is 4. The quantitative estimate of drug-likeness (QED) is 0.301. The molecule has 0 saturated heterocycles. The van der Waals surface area contributed by atoms with Crippen LogP contribution in [0, 0.1) is 5.41 Å². The summed E-state index contributed by atoms with van der Waals surface area (Å²) in [6, 6.07) is 9.96. The van der Waals surface area contributed by atoms with Gasteiger partial charge in [-0.3, -0.25) is 15.1 Å². The third-order valence-corrected chi connectivity index (χ3v) is 5.28. The van der Waals surface area contributed by atoms with E-state index in [0.717, 1.165) is 44.4 Å². The number of aliphatic hydroxyl groups is 1. The van der Waals surface area contributed by atoms with Crippen LogP contribution in [-0.2, 0) is 0 Å². The number of nitrogens with one attached hydrogen (secondary N) is 3. The summed E-state index contributed by atoms with van der Waals surface area (Å²) in [5, 5.41) is 22.0. The molecule has 4 heterocycles. The number of hydrogen-bond acceptors (Lipinski definition) is 6. The molecule has 5 rings (SSSR count). The van der Waals surface area contributed by atoms with E-state index >= 15 is 0 Å². The highest BCUT2D eigenvalue weighted by molar-refractivity contribution is 5.95. The van der Waals surface area contributed by atoms with E-state index in [4.69, 9.17) is 0 Å². The molecule has 0 saturated carbocycles. The molecule has 1 unspecified atom stereocenters. The minimum absolute atomic E-state index is 0.0207. The fraction of sp³-hybridized carbons (Fsp3) is 0.250. The summed E-state index contributed by atoms with van der Waals surface area (Å²) in [5.41, 5.74) is 6.13. The molecule has 8 heteroatoms. The highest BCUT2D eigenvalue weighted by Gasteiger charge is 2.17. The molecule has 0 radical (unpaired) electrons. The van der Waals surface area contributed by atoms with Crippen LogP contribution in [0.25, 0.3) is 44.6 Å². The summed E-state index contributed by atoms with van der Waals surface area (Å²) in [6.45, 7) is 6.30. The molecular weight excluding hydrogens is 402 g/mol. The van der Waals surface area contributed by atoms with Crippen molar-refractivity contribution in [3.05, 3.63) is 55.1 Å². The summed E-state index contributed by atoms with van der Waals surface area (Å²) in [4.78, 5) is 16.5. The fourth-order valence-corrected chi connectivity index (χ4v) is 3.84. The average molecular weight is 428 g/mol. The summed E-state index contributed by atoms with van der Waals surface area (Å²) in [6.07, 6.45) is 7.01. The van der Waals surface area contributed by atoms with E-state index in [-0.39, 0.29) is 5.41 Å². The molecule has 0 aliphatic rings. The van der Waals surface area contributed by atoms with E-state index in [0.29, 0.717) is 12.2 Å². The van der Waals surface area contributed by atoms with Gasteiger partial charge in [0.05, 0.1) is 34.6 Å². The standard InChI is InChI=1S/C24H25N7O/c1-24(2,3)10-21(32)27-16-8-15(11-26-12-16)14-4-5-18-17(9-14)22(31-30-18)23-28-19-6-7-25-13-20(19)29-23/h4-9,11-13,21,27,32H,10H2,1-3H3,(H,28,29)(H,30,31). The zero-order chi connectivity index (χ0) is 22.3. The Morgan fingerprint density at radius 3 is 2.69 bits per heavy atom. The first-order valence-corrected chi connectivity index (χ1v) is 10.5.